The maximum atomic E-state index is 13.4. The molecule has 0 spiro atoms. The molecule has 0 atom stereocenters. The molecule has 0 saturated heterocycles. The van der Waals surface area contributed by atoms with Crippen molar-refractivity contribution in [1.29, 1.82) is 0 Å². The Morgan fingerprint density at radius 2 is 1.63 bits per heavy atom. The number of benzene rings is 3. The summed E-state index contributed by atoms with van der Waals surface area (Å²) in [7, 11) is 0. The van der Waals surface area contributed by atoms with Crippen molar-refractivity contribution in [2.45, 2.75) is 27.2 Å². The minimum Gasteiger partial charge on any atom is -0.315 e. The number of urea groups is 1. The standard InChI is InChI=1S/C29H29Cl2N5O2/c1-4-17-35(29(38)32-24-12-8-11-23(30)27(24)31)18-25(37)33-28-26(21-9-6-5-7-10-21)20(3)34-36(28)22-15-13-19(2)14-16-22/h5-16H,4,17-18H2,1-3H3,(H,32,38)(H,33,37). The highest BCUT2D eigenvalue weighted by Crippen LogP contribution is 2.34. The molecular formula is C29H29Cl2N5O2. The van der Waals surface area contributed by atoms with Gasteiger partial charge in [0.25, 0.3) is 0 Å². The molecule has 4 aromatic rings. The lowest BCUT2D eigenvalue weighted by Gasteiger charge is -2.23. The van der Waals surface area contributed by atoms with Crippen LogP contribution in [0.4, 0.5) is 16.3 Å². The van der Waals surface area contributed by atoms with Crippen molar-refractivity contribution in [1.82, 2.24) is 14.7 Å². The van der Waals surface area contributed by atoms with Crippen LogP contribution in [0.2, 0.25) is 10.0 Å². The van der Waals surface area contributed by atoms with Crippen LogP contribution in [0.3, 0.4) is 0 Å². The molecule has 38 heavy (non-hydrogen) atoms. The monoisotopic (exact) mass is 549 g/mol. The van der Waals surface area contributed by atoms with Crippen LogP contribution in [0.25, 0.3) is 16.8 Å². The first-order valence-electron chi connectivity index (χ1n) is 12.3. The number of aryl methyl sites for hydroxylation is 2. The molecule has 7 nitrogen and oxygen atoms in total. The quantitative estimate of drug-likeness (QED) is 0.241. The Bertz CT molecular complexity index is 1440. The summed E-state index contributed by atoms with van der Waals surface area (Å²) in [5.74, 6) is 0.188. The van der Waals surface area contributed by atoms with E-state index in [4.69, 9.17) is 28.3 Å². The minimum absolute atomic E-state index is 0.162. The zero-order valence-corrected chi connectivity index (χ0v) is 23.0. The molecule has 9 heteroatoms. The number of amides is 3. The lowest BCUT2D eigenvalue weighted by molar-refractivity contribution is -0.116. The topological polar surface area (TPSA) is 79.3 Å². The van der Waals surface area contributed by atoms with Gasteiger partial charge >= 0.3 is 6.03 Å². The summed E-state index contributed by atoms with van der Waals surface area (Å²) in [6, 6.07) is 22.2. The van der Waals surface area contributed by atoms with Gasteiger partial charge in [-0.3, -0.25) is 4.79 Å². The lowest BCUT2D eigenvalue weighted by atomic mass is 10.1. The van der Waals surface area contributed by atoms with Crippen LogP contribution < -0.4 is 10.6 Å². The van der Waals surface area contributed by atoms with Crippen molar-refractivity contribution in [3.8, 4) is 16.8 Å². The van der Waals surface area contributed by atoms with Crippen molar-refractivity contribution >= 4 is 46.6 Å². The first-order valence-corrected chi connectivity index (χ1v) is 13.1. The maximum Gasteiger partial charge on any atom is 0.322 e. The number of aromatic nitrogens is 2. The third-order valence-corrected chi connectivity index (χ3v) is 6.79. The van der Waals surface area contributed by atoms with E-state index in [-0.39, 0.29) is 17.5 Å². The molecule has 3 aromatic carbocycles. The fourth-order valence-electron chi connectivity index (χ4n) is 4.13. The molecule has 1 aromatic heterocycles. The van der Waals surface area contributed by atoms with Crippen molar-refractivity contribution in [3.05, 3.63) is 94.1 Å². The second-order valence-electron chi connectivity index (χ2n) is 8.92. The lowest BCUT2D eigenvalue weighted by Crippen LogP contribution is -2.41. The normalized spacial score (nSPS) is 10.8. The summed E-state index contributed by atoms with van der Waals surface area (Å²) in [5.41, 5.74) is 4.83. The summed E-state index contributed by atoms with van der Waals surface area (Å²) in [6.45, 7) is 6.08. The largest absolute Gasteiger partial charge is 0.322 e. The van der Waals surface area contributed by atoms with Crippen molar-refractivity contribution in [2.75, 3.05) is 23.7 Å². The van der Waals surface area contributed by atoms with E-state index in [0.29, 0.717) is 29.5 Å². The van der Waals surface area contributed by atoms with Gasteiger partial charge in [0.1, 0.15) is 12.4 Å². The van der Waals surface area contributed by atoms with E-state index in [2.05, 4.69) is 10.6 Å². The van der Waals surface area contributed by atoms with E-state index in [9.17, 15) is 9.59 Å². The molecule has 0 fully saturated rings. The number of hydrogen-bond acceptors (Lipinski definition) is 3. The molecule has 0 saturated carbocycles. The fraction of sp³-hybridized carbons (Fsp3) is 0.207. The van der Waals surface area contributed by atoms with Gasteiger partial charge in [0.15, 0.2) is 0 Å². The van der Waals surface area contributed by atoms with Crippen molar-refractivity contribution in [2.24, 2.45) is 0 Å². The smallest absolute Gasteiger partial charge is 0.315 e. The molecule has 196 valence electrons. The average molecular weight is 550 g/mol. The Hall–Kier alpha value is -3.81. The molecule has 0 bridgehead atoms. The highest BCUT2D eigenvalue weighted by molar-refractivity contribution is 6.44. The number of rotatable bonds is 8. The Balaban J connectivity index is 1.62. The molecule has 4 rings (SSSR count). The molecule has 0 unspecified atom stereocenters. The van der Waals surface area contributed by atoms with Gasteiger partial charge in [-0.2, -0.15) is 5.10 Å². The van der Waals surface area contributed by atoms with E-state index in [1.165, 1.54) is 4.90 Å². The Labute approximate surface area is 232 Å². The molecule has 2 N–H and O–H groups in total. The van der Waals surface area contributed by atoms with Crippen LogP contribution >= 0.6 is 23.2 Å². The SMILES string of the molecule is CCCN(CC(=O)Nc1c(-c2ccccc2)c(C)nn1-c1ccc(C)cc1)C(=O)Nc1cccc(Cl)c1Cl. The summed E-state index contributed by atoms with van der Waals surface area (Å²) < 4.78 is 1.73. The molecule has 3 amide bonds. The van der Waals surface area contributed by atoms with Gasteiger partial charge in [-0.05, 0) is 50.1 Å². The maximum absolute atomic E-state index is 13.4. The molecule has 0 aliphatic heterocycles. The number of anilines is 2. The van der Waals surface area contributed by atoms with E-state index in [0.717, 1.165) is 28.1 Å². The molecular weight excluding hydrogens is 521 g/mol. The van der Waals surface area contributed by atoms with Crippen molar-refractivity contribution < 1.29 is 9.59 Å². The highest BCUT2D eigenvalue weighted by atomic mass is 35.5. The molecule has 0 radical (unpaired) electrons. The number of carbonyl (C=O) groups is 2. The van der Waals surface area contributed by atoms with Crippen molar-refractivity contribution in [3.63, 3.8) is 0 Å². The summed E-state index contributed by atoms with van der Waals surface area (Å²) in [5, 5.41) is 11.1. The van der Waals surface area contributed by atoms with Gasteiger partial charge < -0.3 is 15.5 Å². The molecule has 0 aliphatic carbocycles. The zero-order valence-electron chi connectivity index (χ0n) is 21.5. The predicted molar refractivity (Wildman–Crippen MR) is 154 cm³/mol. The number of nitrogens with one attached hydrogen (secondary N) is 2. The van der Waals surface area contributed by atoms with E-state index < -0.39 is 6.03 Å². The van der Waals surface area contributed by atoms with Crippen LogP contribution in [-0.4, -0.2) is 39.7 Å². The second kappa shape index (κ2) is 12.2. The van der Waals surface area contributed by atoms with Crippen LogP contribution in [0.15, 0.2) is 72.8 Å². The third-order valence-electron chi connectivity index (χ3n) is 5.97. The number of carbonyl (C=O) groups excluding carboxylic acids is 2. The number of hydrogen-bond donors (Lipinski definition) is 2. The van der Waals surface area contributed by atoms with E-state index in [1.54, 1.807) is 22.9 Å². The van der Waals surface area contributed by atoms with Gasteiger partial charge in [0.2, 0.25) is 5.91 Å². The van der Waals surface area contributed by atoms with Gasteiger partial charge in [-0.25, -0.2) is 9.48 Å². The Morgan fingerprint density at radius 3 is 2.32 bits per heavy atom. The molecule has 1 heterocycles. The van der Waals surface area contributed by atoms with Crippen LogP contribution in [0, 0.1) is 13.8 Å². The third kappa shape index (κ3) is 6.18. The van der Waals surface area contributed by atoms with Gasteiger partial charge in [-0.15, -0.1) is 0 Å². The fourth-order valence-corrected chi connectivity index (χ4v) is 4.48. The van der Waals surface area contributed by atoms with Gasteiger partial charge in [0.05, 0.1) is 27.1 Å². The first-order chi connectivity index (χ1) is 18.3. The van der Waals surface area contributed by atoms with Gasteiger partial charge in [0, 0.05) is 12.1 Å². The average Bonchev–Trinajstić information content (AvgIpc) is 3.22. The van der Waals surface area contributed by atoms with E-state index >= 15 is 0 Å². The first kappa shape index (κ1) is 27.2. The summed E-state index contributed by atoms with van der Waals surface area (Å²) in [6.07, 6.45) is 0.666. The van der Waals surface area contributed by atoms with Gasteiger partial charge in [-0.1, -0.05) is 84.2 Å². The van der Waals surface area contributed by atoms with E-state index in [1.807, 2.05) is 75.4 Å². The van der Waals surface area contributed by atoms with Crippen LogP contribution in [0.5, 0.6) is 0 Å². The summed E-state index contributed by atoms with van der Waals surface area (Å²) >= 11 is 12.3. The molecule has 0 aliphatic rings. The second-order valence-corrected chi connectivity index (χ2v) is 9.71. The number of halogens is 2. The van der Waals surface area contributed by atoms with Crippen LogP contribution in [-0.2, 0) is 4.79 Å². The predicted octanol–water partition coefficient (Wildman–Crippen LogP) is 7.35. The number of nitrogens with zero attached hydrogens (tertiary/aromatic N) is 3. The zero-order chi connectivity index (χ0) is 27.2. The minimum atomic E-state index is -0.447. The van der Waals surface area contributed by atoms with Crippen LogP contribution in [0.1, 0.15) is 24.6 Å². The Kier molecular flexibility index (Phi) is 8.71. The highest BCUT2D eigenvalue weighted by Gasteiger charge is 2.23. The summed E-state index contributed by atoms with van der Waals surface area (Å²) in [4.78, 5) is 27.9. The Morgan fingerprint density at radius 1 is 0.921 bits per heavy atom.